The minimum atomic E-state index is -0.765. The van der Waals surface area contributed by atoms with Crippen molar-refractivity contribution in [2.24, 2.45) is 11.8 Å². The predicted octanol–water partition coefficient (Wildman–Crippen LogP) is 3.76. The summed E-state index contributed by atoms with van der Waals surface area (Å²) in [6.45, 7) is 7.01. The fourth-order valence-corrected chi connectivity index (χ4v) is 5.79. The molecule has 11 nitrogen and oxygen atoms in total. The Kier molecular flexibility index (Phi) is 5.98. The number of fused-ring (bicyclic) bond motifs is 1. The molecule has 1 aromatic carbocycles. The Balaban J connectivity index is 1.13. The Bertz CT molecular complexity index is 1480. The lowest BCUT2D eigenvalue weighted by atomic mass is 9.95. The third-order valence-electron chi connectivity index (χ3n) is 7.73. The van der Waals surface area contributed by atoms with Crippen LogP contribution in [0.2, 0.25) is 0 Å². The Morgan fingerprint density at radius 1 is 1.18 bits per heavy atom. The molecule has 2 aromatic heterocycles. The molecule has 4 heterocycles. The molecular formula is C28H28FN7O4. The van der Waals surface area contributed by atoms with Crippen LogP contribution >= 0.6 is 0 Å². The van der Waals surface area contributed by atoms with Gasteiger partial charge in [0, 0.05) is 42.2 Å². The van der Waals surface area contributed by atoms with Crippen LogP contribution in [0.25, 0.3) is 11.1 Å². The maximum absolute atomic E-state index is 15.2. The topological polar surface area (TPSA) is 126 Å². The molecule has 0 spiro atoms. The second kappa shape index (κ2) is 9.29. The molecule has 0 radical (unpaired) electrons. The van der Waals surface area contributed by atoms with Crippen molar-refractivity contribution in [2.45, 2.75) is 44.4 Å². The van der Waals surface area contributed by atoms with Crippen molar-refractivity contribution in [3.05, 3.63) is 60.7 Å². The van der Waals surface area contributed by atoms with Crippen molar-refractivity contribution in [3.8, 4) is 17.2 Å². The van der Waals surface area contributed by atoms with Crippen LogP contribution in [0.1, 0.15) is 26.5 Å². The third kappa shape index (κ3) is 4.41. The largest absolute Gasteiger partial charge is 0.444 e. The van der Waals surface area contributed by atoms with Crippen LogP contribution in [0.15, 0.2) is 49.2 Å². The first kappa shape index (κ1) is 25.7. The van der Waals surface area contributed by atoms with E-state index in [1.165, 1.54) is 23.6 Å². The molecule has 12 heteroatoms. The van der Waals surface area contributed by atoms with Gasteiger partial charge in [0.15, 0.2) is 0 Å². The fraction of sp³-hybridized carbons (Fsp3) is 0.429. The standard InChI is InChI=1S/C28H28FN7O4/c1-27(2,3)40-25(37)35-12-21-22(13-35)28(21,14-30)24-7-4-17(9-31-24)20-6-5-18(8-23(20)29)36-11-19(39-26(36)38)10-34-15-32-33-16-34/h4-9,15-16,19,21-22H,10-13H2,1-3H3/t19-,21-,22+,28?/m0/s1. The van der Waals surface area contributed by atoms with E-state index >= 15 is 4.39 Å². The minimum absolute atomic E-state index is 0.0199. The average molecular weight is 546 g/mol. The number of hydrogen-bond acceptors (Lipinski definition) is 8. The number of nitrogens with zero attached hydrogens (tertiary/aromatic N) is 7. The quantitative estimate of drug-likeness (QED) is 0.474. The van der Waals surface area contributed by atoms with Gasteiger partial charge >= 0.3 is 12.2 Å². The second-order valence-electron chi connectivity index (χ2n) is 11.5. The number of anilines is 1. The van der Waals surface area contributed by atoms with Gasteiger partial charge in [0.25, 0.3) is 0 Å². The molecule has 1 unspecified atom stereocenters. The number of ether oxygens (including phenoxy) is 2. The number of aromatic nitrogens is 4. The Hall–Kier alpha value is -4.53. The van der Waals surface area contributed by atoms with E-state index < -0.39 is 29.0 Å². The van der Waals surface area contributed by atoms with Gasteiger partial charge in [-0.25, -0.2) is 14.0 Å². The summed E-state index contributed by atoms with van der Waals surface area (Å²) >= 11 is 0. The molecule has 4 atom stereocenters. The van der Waals surface area contributed by atoms with Crippen molar-refractivity contribution >= 4 is 17.9 Å². The van der Waals surface area contributed by atoms with E-state index in [1.807, 2.05) is 20.8 Å². The van der Waals surface area contributed by atoms with E-state index in [1.54, 1.807) is 39.9 Å². The van der Waals surface area contributed by atoms with Gasteiger partial charge < -0.3 is 18.9 Å². The molecule has 0 bridgehead atoms. The molecule has 2 amide bonds. The molecule has 3 fully saturated rings. The number of pyridine rings is 1. The number of likely N-dealkylation sites (tertiary alicyclic amines) is 1. The van der Waals surface area contributed by atoms with Crippen LogP contribution in [0.4, 0.5) is 19.7 Å². The highest BCUT2D eigenvalue weighted by molar-refractivity contribution is 5.90. The van der Waals surface area contributed by atoms with Gasteiger partial charge in [0.2, 0.25) is 0 Å². The number of hydrogen-bond donors (Lipinski definition) is 0. The lowest BCUT2D eigenvalue weighted by molar-refractivity contribution is 0.0265. The van der Waals surface area contributed by atoms with Crippen molar-refractivity contribution < 1.29 is 23.5 Å². The van der Waals surface area contributed by atoms with Gasteiger partial charge in [-0.05, 0) is 45.0 Å². The highest BCUT2D eigenvalue weighted by atomic mass is 19.1. The molecular weight excluding hydrogens is 517 g/mol. The predicted molar refractivity (Wildman–Crippen MR) is 139 cm³/mol. The molecule has 1 saturated carbocycles. The van der Waals surface area contributed by atoms with Crippen LogP contribution in [-0.2, 0) is 21.4 Å². The summed E-state index contributed by atoms with van der Waals surface area (Å²) in [6.07, 6.45) is 3.31. The van der Waals surface area contributed by atoms with Gasteiger partial charge in [-0.3, -0.25) is 9.88 Å². The molecule has 2 saturated heterocycles. The van der Waals surface area contributed by atoms with Crippen molar-refractivity contribution in [1.82, 2.24) is 24.6 Å². The first-order valence-corrected chi connectivity index (χ1v) is 13.1. The zero-order valence-corrected chi connectivity index (χ0v) is 22.3. The van der Waals surface area contributed by atoms with E-state index in [0.29, 0.717) is 42.1 Å². The molecule has 6 rings (SSSR count). The lowest BCUT2D eigenvalue weighted by Crippen LogP contribution is -2.39. The van der Waals surface area contributed by atoms with E-state index in [9.17, 15) is 14.9 Å². The highest BCUT2D eigenvalue weighted by Crippen LogP contribution is 2.62. The number of amides is 2. The van der Waals surface area contributed by atoms with Crippen LogP contribution in [0.5, 0.6) is 0 Å². The molecule has 206 valence electrons. The van der Waals surface area contributed by atoms with Crippen LogP contribution < -0.4 is 4.90 Å². The number of carbonyl (C=O) groups excluding carboxylic acids is 2. The van der Waals surface area contributed by atoms with E-state index in [-0.39, 0.29) is 24.5 Å². The summed E-state index contributed by atoms with van der Waals surface area (Å²) < 4.78 is 27.8. The monoisotopic (exact) mass is 545 g/mol. The molecule has 3 aliphatic rings. The van der Waals surface area contributed by atoms with Gasteiger partial charge in [-0.15, -0.1) is 10.2 Å². The fourth-order valence-electron chi connectivity index (χ4n) is 5.79. The molecule has 40 heavy (non-hydrogen) atoms. The smallest absolute Gasteiger partial charge is 0.414 e. The number of rotatable bonds is 5. The molecule has 0 N–H and O–H groups in total. The number of piperidine rings is 1. The molecule has 1 aliphatic carbocycles. The Labute approximate surface area is 230 Å². The van der Waals surface area contributed by atoms with Crippen molar-refractivity contribution in [3.63, 3.8) is 0 Å². The number of carbonyl (C=O) groups is 2. The first-order chi connectivity index (χ1) is 19.1. The van der Waals surface area contributed by atoms with Crippen LogP contribution in [0, 0.1) is 29.0 Å². The van der Waals surface area contributed by atoms with Gasteiger partial charge in [-0.1, -0.05) is 6.07 Å². The highest BCUT2D eigenvalue weighted by Gasteiger charge is 2.71. The maximum Gasteiger partial charge on any atom is 0.414 e. The van der Waals surface area contributed by atoms with E-state index in [2.05, 4.69) is 21.3 Å². The van der Waals surface area contributed by atoms with Gasteiger partial charge in [-0.2, -0.15) is 5.26 Å². The van der Waals surface area contributed by atoms with E-state index in [4.69, 9.17) is 9.47 Å². The minimum Gasteiger partial charge on any atom is -0.444 e. The summed E-state index contributed by atoms with van der Waals surface area (Å²) in [4.78, 5) is 32.5. The van der Waals surface area contributed by atoms with Crippen molar-refractivity contribution in [1.29, 1.82) is 5.26 Å². The summed E-state index contributed by atoms with van der Waals surface area (Å²) in [6, 6.07) is 10.5. The number of benzene rings is 1. The summed E-state index contributed by atoms with van der Waals surface area (Å²) in [7, 11) is 0. The number of nitriles is 1. The second-order valence-corrected chi connectivity index (χ2v) is 11.5. The lowest BCUT2D eigenvalue weighted by Gasteiger charge is -2.27. The van der Waals surface area contributed by atoms with Gasteiger partial charge in [0.05, 0.1) is 30.5 Å². The Morgan fingerprint density at radius 2 is 1.90 bits per heavy atom. The zero-order chi connectivity index (χ0) is 28.2. The summed E-state index contributed by atoms with van der Waals surface area (Å²) in [5, 5.41) is 17.6. The number of cyclic esters (lactones) is 1. The number of halogens is 1. The third-order valence-corrected chi connectivity index (χ3v) is 7.73. The van der Waals surface area contributed by atoms with Crippen molar-refractivity contribution in [2.75, 3.05) is 24.5 Å². The van der Waals surface area contributed by atoms with Crippen LogP contribution in [-0.4, -0.2) is 68.2 Å². The maximum atomic E-state index is 15.2. The molecule has 2 aliphatic heterocycles. The zero-order valence-electron chi connectivity index (χ0n) is 22.3. The van der Waals surface area contributed by atoms with Crippen LogP contribution in [0.3, 0.4) is 0 Å². The normalized spacial score (nSPS) is 25.4. The summed E-state index contributed by atoms with van der Waals surface area (Å²) in [5.41, 5.74) is 0.546. The first-order valence-electron chi connectivity index (χ1n) is 13.1. The van der Waals surface area contributed by atoms with E-state index in [0.717, 1.165) is 0 Å². The SMILES string of the molecule is CC(C)(C)OC(=O)N1C[C@@H]2[C@H](C1)C2(C#N)c1ccc(-c2ccc(N3C[C@H](Cn4cnnc4)OC3=O)cc2F)cn1. The summed E-state index contributed by atoms with van der Waals surface area (Å²) in [5.74, 6) is -0.546. The Morgan fingerprint density at radius 3 is 2.50 bits per heavy atom. The average Bonchev–Trinajstić information content (AvgIpc) is 3.41. The van der Waals surface area contributed by atoms with Gasteiger partial charge in [0.1, 0.15) is 35.6 Å². The molecule has 3 aromatic rings.